The lowest BCUT2D eigenvalue weighted by molar-refractivity contribution is -0.158. The summed E-state index contributed by atoms with van der Waals surface area (Å²) >= 11 is 1.76. The van der Waals surface area contributed by atoms with Crippen LogP contribution in [0.5, 0.6) is 5.75 Å². The molecule has 28 heavy (non-hydrogen) atoms. The highest BCUT2D eigenvalue weighted by Crippen LogP contribution is 2.38. The number of carbonyl (C=O) groups is 2. The molecule has 1 aromatic carbocycles. The minimum Gasteiger partial charge on any atom is -0.459 e. The van der Waals surface area contributed by atoms with Crippen molar-refractivity contribution in [1.29, 1.82) is 0 Å². The Morgan fingerprint density at radius 2 is 1.18 bits per heavy atom. The van der Waals surface area contributed by atoms with E-state index in [4.69, 9.17) is 4.74 Å². The highest BCUT2D eigenvalue weighted by molar-refractivity contribution is 14.1. The fraction of sp³-hybridized carbons (Fsp3) is 0.556. The number of hydrogen-bond donors (Lipinski definition) is 0. The largest absolute Gasteiger partial charge is 0.459 e. The Bertz CT molecular complexity index is 771. The first-order valence-corrected chi connectivity index (χ1v) is 9.14. The van der Waals surface area contributed by atoms with Gasteiger partial charge < -0.3 is 9.47 Å². The second kappa shape index (κ2) is 8.11. The van der Waals surface area contributed by atoms with Crippen LogP contribution in [0.25, 0.3) is 0 Å². The quantitative estimate of drug-likeness (QED) is 0.101. The molecule has 0 spiro atoms. The van der Waals surface area contributed by atoms with Gasteiger partial charge in [-0.15, -0.1) is 0 Å². The van der Waals surface area contributed by atoms with Crippen molar-refractivity contribution >= 4 is 34.5 Å². The average molecular weight is 522 g/mol. The number of hydrogen-bond acceptors (Lipinski definition) is 4. The topological polar surface area (TPSA) is 52.6 Å². The predicted octanol–water partition coefficient (Wildman–Crippen LogP) is 5.24. The van der Waals surface area contributed by atoms with Crippen molar-refractivity contribution in [1.82, 2.24) is 0 Å². The molecule has 0 saturated carbocycles. The number of ether oxygens (including phenoxy) is 2. The van der Waals surface area contributed by atoms with Crippen LogP contribution in [-0.2, 0) is 14.3 Å². The molecule has 0 saturated heterocycles. The smallest absolute Gasteiger partial charge is 0.322 e. The first kappa shape index (κ1) is 24.6. The van der Waals surface area contributed by atoms with Gasteiger partial charge in [-0.25, -0.2) is 13.2 Å². The molecule has 0 aliphatic carbocycles. The highest BCUT2D eigenvalue weighted by atomic mass is 127. The molecule has 0 amide bonds. The number of rotatable bonds is 5. The summed E-state index contributed by atoms with van der Waals surface area (Å²) < 4.78 is 75.6. The SMILES string of the molecule is CC(C)(C)OC(=O)C(C)(I)CC(C)(C)C(=O)Oc1c(F)c(F)c(F)c(F)c1F. The van der Waals surface area contributed by atoms with Crippen molar-refractivity contribution in [3.63, 3.8) is 0 Å². The summed E-state index contributed by atoms with van der Waals surface area (Å²) in [6.07, 6.45) is -0.191. The van der Waals surface area contributed by atoms with Gasteiger partial charge in [0.1, 0.15) is 9.02 Å². The summed E-state index contributed by atoms with van der Waals surface area (Å²) in [5.74, 6) is -14.9. The number of benzene rings is 1. The number of halogens is 6. The van der Waals surface area contributed by atoms with Gasteiger partial charge in [-0.2, -0.15) is 8.78 Å². The molecular formula is C18H20F5IO4. The third kappa shape index (κ3) is 5.54. The van der Waals surface area contributed by atoms with Gasteiger partial charge in [0.15, 0.2) is 0 Å². The standard InChI is InChI=1S/C18H20F5IO4/c1-16(2,3)28-15(26)18(6,24)7-17(4,5)14(25)27-13-11(22)9(20)8(19)10(21)12(13)23/h7H2,1-6H3. The summed E-state index contributed by atoms with van der Waals surface area (Å²) in [6.45, 7) is 9.06. The Labute approximate surface area is 172 Å². The fourth-order valence-electron chi connectivity index (χ4n) is 2.26. The maximum Gasteiger partial charge on any atom is 0.322 e. The van der Waals surface area contributed by atoms with Gasteiger partial charge in [-0.05, 0) is 48.0 Å². The molecule has 10 heteroatoms. The summed E-state index contributed by atoms with van der Waals surface area (Å²) in [5, 5.41) is 0. The number of carbonyl (C=O) groups excluding carboxylic acids is 2. The van der Waals surface area contributed by atoms with Crippen molar-refractivity contribution in [2.24, 2.45) is 5.41 Å². The summed E-state index contributed by atoms with van der Waals surface area (Å²) in [7, 11) is 0. The van der Waals surface area contributed by atoms with Crippen LogP contribution in [0.15, 0.2) is 0 Å². The zero-order valence-corrected chi connectivity index (χ0v) is 18.3. The van der Waals surface area contributed by atoms with Crippen LogP contribution in [0.1, 0.15) is 48.0 Å². The van der Waals surface area contributed by atoms with Crippen molar-refractivity contribution in [2.45, 2.75) is 57.0 Å². The fourth-order valence-corrected chi connectivity index (χ4v) is 3.33. The van der Waals surface area contributed by atoms with E-state index in [-0.39, 0.29) is 6.42 Å². The molecule has 0 aromatic heterocycles. The van der Waals surface area contributed by atoms with Crippen LogP contribution in [0.4, 0.5) is 22.0 Å². The van der Waals surface area contributed by atoms with Gasteiger partial charge in [0.25, 0.3) is 0 Å². The molecule has 0 bridgehead atoms. The van der Waals surface area contributed by atoms with E-state index >= 15 is 0 Å². The van der Waals surface area contributed by atoms with Gasteiger partial charge in [0, 0.05) is 0 Å². The van der Waals surface area contributed by atoms with Crippen molar-refractivity contribution in [3.05, 3.63) is 29.1 Å². The second-order valence-corrected chi connectivity index (χ2v) is 10.4. The van der Waals surface area contributed by atoms with Crippen molar-refractivity contribution in [2.75, 3.05) is 0 Å². The van der Waals surface area contributed by atoms with Crippen molar-refractivity contribution in [3.8, 4) is 5.75 Å². The molecule has 0 aliphatic rings. The van der Waals surface area contributed by atoms with E-state index in [1.807, 2.05) is 0 Å². The lowest BCUT2D eigenvalue weighted by Crippen LogP contribution is -2.42. The number of alkyl halides is 1. The molecule has 1 rings (SSSR count). The molecule has 1 unspecified atom stereocenters. The molecule has 0 heterocycles. The molecule has 158 valence electrons. The van der Waals surface area contributed by atoms with Gasteiger partial charge in [-0.1, -0.05) is 22.6 Å². The first-order valence-electron chi connectivity index (χ1n) is 8.07. The Hall–Kier alpha value is -1.46. The zero-order valence-electron chi connectivity index (χ0n) is 16.1. The predicted molar refractivity (Wildman–Crippen MR) is 98.5 cm³/mol. The molecule has 0 aliphatic heterocycles. The van der Waals surface area contributed by atoms with Crippen LogP contribution in [0, 0.1) is 34.5 Å². The van der Waals surface area contributed by atoms with E-state index in [1.54, 1.807) is 43.4 Å². The molecule has 0 fully saturated rings. The normalized spacial score (nSPS) is 14.4. The second-order valence-electron chi connectivity index (χ2n) is 8.05. The molecule has 0 N–H and O–H groups in total. The van der Waals surface area contributed by atoms with Gasteiger partial charge in [-0.3, -0.25) is 9.59 Å². The third-order valence-corrected chi connectivity index (χ3v) is 4.34. The monoisotopic (exact) mass is 522 g/mol. The van der Waals surface area contributed by atoms with Gasteiger partial charge in [0.05, 0.1) is 5.41 Å². The Balaban J connectivity index is 3.11. The van der Waals surface area contributed by atoms with Crippen LogP contribution >= 0.6 is 22.6 Å². The molecule has 4 nitrogen and oxygen atoms in total. The van der Waals surface area contributed by atoms with E-state index in [2.05, 4.69) is 4.74 Å². The molecule has 0 radical (unpaired) electrons. The van der Waals surface area contributed by atoms with Crippen LogP contribution in [0.3, 0.4) is 0 Å². The minimum absolute atomic E-state index is 0.191. The van der Waals surface area contributed by atoms with Crippen molar-refractivity contribution < 1.29 is 41.0 Å². The maximum atomic E-state index is 13.7. The minimum atomic E-state index is -2.36. The van der Waals surface area contributed by atoms with E-state index in [1.165, 1.54) is 20.8 Å². The molecule has 1 aromatic rings. The Kier molecular flexibility index (Phi) is 7.12. The van der Waals surface area contributed by atoms with E-state index < -0.39 is 61.2 Å². The Morgan fingerprint density at radius 3 is 1.57 bits per heavy atom. The van der Waals surface area contributed by atoms with Crippen LogP contribution < -0.4 is 4.74 Å². The molecular weight excluding hydrogens is 502 g/mol. The summed E-state index contributed by atoms with van der Waals surface area (Å²) in [4.78, 5) is 24.7. The van der Waals surface area contributed by atoms with E-state index in [0.29, 0.717) is 0 Å². The summed E-state index contributed by atoms with van der Waals surface area (Å²) in [6, 6.07) is 0. The van der Waals surface area contributed by atoms with E-state index in [9.17, 15) is 31.5 Å². The lowest BCUT2D eigenvalue weighted by atomic mass is 9.83. The highest BCUT2D eigenvalue weighted by Gasteiger charge is 2.44. The third-order valence-electron chi connectivity index (χ3n) is 3.52. The molecule has 1 atom stereocenters. The van der Waals surface area contributed by atoms with Crippen LogP contribution in [-0.4, -0.2) is 21.0 Å². The Morgan fingerprint density at radius 1 is 0.786 bits per heavy atom. The lowest BCUT2D eigenvalue weighted by Gasteiger charge is -2.32. The van der Waals surface area contributed by atoms with E-state index in [0.717, 1.165) is 0 Å². The van der Waals surface area contributed by atoms with Gasteiger partial charge in [0.2, 0.25) is 34.8 Å². The van der Waals surface area contributed by atoms with Crippen LogP contribution in [0.2, 0.25) is 0 Å². The number of esters is 2. The summed E-state index contributed by atoms with van der Waals surface area (Å²) in [5.41, 5.74) is -2.31. The maximum absolute atomic E-state index is 13.7. The average Bonchev–Trinajstić information content (AvgIpc) is 2.52. The zero-order chi connectivity index (χ0) is 22.2. The first-order chi connectivity index (χ1) is 12.4. The van der Waals surface area contributed by atoms with Gasteiger partial charge >= 0.3 is 11.9 Å².